The van der Waals surface area contributed by atoms with Crippen LogP contribution in [0.25, 0.3) is 0 Å². The Morgan fingerprint density at radius 2 is 2.07 bits per heavy atom. The Balaban J connectivity index is 2.70. The van der Waals surface area contributed by atoms with Crippen LogP contribution in [-0.2, 0) is 14.1 Å². The van der Waals surface area contributed by atoms with Crippen molar-refractivity contribution in [2.24, 2.45) is 0 Å². The van der Waals surface area contributed by atoms with Crippen LogP contribution in [0.1, 0.15) is 15.9 Å². The third-order valence-electron chi connectivity index (χ3n) is 1.54. The van der Waals surface area contributed by atoms with Crippen LogP contribution >= 0.6 is 8.25 Å². The van der Waals surface area contributed by atoms with Crippen molar-refractivity contribution in [2.45, 2.75) is 6.92 Å². The molecule has 74 valence electrons. The summed E-state index contributed by atoms with van der Waals surface area (Å²) >= 11 is 0. The SMILES string of the molecule is Cc1ccccc1C(=O)OO[P+](=O)O. The van der Waals surface area contributed by atoms with Gasteiger partial charge in [-0.05, 0) is 18.6 Å². The van der Waals surface area contributed by atoms with Crippen molar-refractivity contribution < 1.29 is 23.8 Å². The van der Waals surface area contributed by atoms with E-state index < -0.39 is 14.2 Å². The van der Waals surface area contributed by atoms with E-state index in [-0.39, 0.29) is 0 Å². The lowest BCUT2D eigenvalue weighted by Crippen LogP contribution is -2.04. The molecule has 1 N–H and O–H groups in total. The molecular weight excluding hydrogens is 207 g/mol. The van der Waals surface area contributed by atoms with E-state index in [0.717, 1.165) is 0 Å². The Bertz CT molecular complexity index is 363. The fourth-order valence-electron chi connectivity index (χ4n) is 0.913. The maximum atomic E-state index is 11.2. The molecule has 1 aromatic carbocycles. The molecule has 1 rings (SSSR count). The summed E-state index contributed by atoms with van der Waals surface area (Å²) in [7, 11) is -2.93. The van der Waals surface area contributed by atoms with Gasteiger partial charge in [0.1, 0.15) is 4.67 Å². The topological polar surface area (TPSA) is 72.8 Å². The average Bonchev–Trinajstić information content (AvgIpc) is 2.15. The third-order valence-corrected chi connectivity index (χ3v) is 1.74. The van der Waals surface area contributed by atoms with Crippen molar-refractivity contribution in [1.29, 1.82) is 0 Å². The summed E-state index contributed by atoms with van der Waals surface area (Å²) < 4.78 is 13.9. The Labute approximate surface area is 81.2 Å². The summed E-state index contributed by atoms with van der Waals surface area (Å²) in [5.41, 5.74) is 0.999. The van der Waals surface area contributed by atoms with Gasteiger partial charge in [-0.15, -0.1) is 4.89 Å². The molecule has 1 unspecified atom stereocenters. The Kier molecular flexibility index (Phi) is 3.71. The lowest BCUT2D eigenvalue weighted by atomic mass is 10.1. The van der Waals surface area contributed by atoms with E-state index in [2.05, 4.69) is 9.56 Å². The predicted molar refractivity (Wildman–Crippen MR) is 47.5 cm³/mol. The van der Waals surface area contributed by atoms with Crippen molar-refractivity contribution in [1.82, 2.24) is 0 Å². The molecule has 0 bridgehead atoms. The van der Waals surface area contributed by atoms with Gasteiger partial charge in [-0.2, -0.15) is 0 Å². The third kappa shape index (κ3) is 2.88. The average molecular weight is 215 g/mol. The van der Waals surface area contributed by atoms with Crippen molar-refractivity contribution in [3.8, 4) is 0 Å². The Morgan fingerprint density at radius 3 is 2.64 bits per heavy atom. The van der Waals surface area contributed by atoms with Gasteiger partial charge < -0.3 is 0 Å². The van der Waals surface area contributed by atoms with Crippen LogP contribution in [0.5, 0.6) is 0 Å². The predicted octanol–water partition coefficient (Wildman–Crippen LogP) is 1.73. The van der Waals surface area contributed by atoms with Crippen LogP contribution in [-0.4, -0.2) is 10.9 Å². The van der Waals surface area contributed by atoms with E-state index in [1.165, 1.54) is 6.07 Å². The fourth-order valence-corrected chi connectivity index (χ4v) is 1.04. The lowest BCUT2D eigenvalue weighted by molar-refractivity contribution is -0.150. The van der Waals surface area contributed by atoms with Gasteiger partial charge in [-0.1, -0.05) is 18.2 Å². The minimum Gasteiger partial charge on any atom is -0.246 e. The van der Waals surface area contributed by atoms with Crippen LogP contribution in [0.3, 0.4) is 0 Å². The summed E-state index contributed by atoms with van der Waals surface area (Å²) in [6, 6.07) is 6.67. The zero-order valence-electron chi connectivity index (χ0n) is 7.34. The first kappa shape index (κ1) is 10.8. The minimum atomic E-state index is -2.93. The van der Waals surface area contributed by atoms with Gasteiger partial charge in [0.15, 0.2) is 0 Å². The summed E-state index contributed by atoms with van der Waals surface area (Å²) in [5, 5.41) is 0. The molecule has 1 atom stereocenters. The summed E-state index contributed by atoms with van der Waals surface area (Å²) in [6.07, 6.45) is 0. The number of carbonyl (C=O) groups excluding carboxylic acids is 1. The van der Waals surface area contributed by atoms with Gasteiger partial charge in [-0.25, -0.2) is 9.68 Å². The fraction of sp³-hybridized carbons (Fsp3) is 0.125. The smallest absolute Gasteiger partial charge is 0.246 e. The molecule has 0 fully saturated rings. The molecule has 0 radical (unpaired) electrons. The quantitative estimate of drug-likeness (QED) is 0.472. The first-order valence-corrected chi connectivity index (χ1v) is 4.85. The van der Waals surface area contributed by atoms with Crippen molar-refractivity contribution in [3.05, 3.63) is 35.4 Å². The van der Waals surface area contributed by atoms with E-state index in [9.17, 15) is 9.36 Å². The molecule has 0 aliphatic carbocycles. The molecule has 0 saturated heterocycles. The summed E-state index contributed by atoms with van der Waals surface area (Å²) in [4.78, 5) is 23.5. The van der Waals surface area contributed by atoms with E-state index >= 15 is 0 Å². The van der Waals surface area contributed by atoms with Gasteiger partial charge in [-0.3, -0.25) is 0 Å². The maximum Gasteiger partial charge on any atom is 0.736 e. The Morgan fingerprint density at radius 1 is 1.43 bits per heavy atom. The first-order chi connectivity index (χ1) is 6.61. The number of benzene rings is 1. The molecule has 0 amide bonds. The molecule has 5 nitrogen and oxygen atoms in total. The van der Waals surface area contributed by atoms with Crippen molar-refractivity contribution in [3.63, 3.8) is 0 Å². The summed E-state index contributed by atoms with van der Waals surface area (Å²) in [5.74, 6) is -0.791. The second-order valence-electron chi connectivity index (χ2n) is 2.50. The molecule has 0 heterocycles. The van der Waals surface area contributed by atoms with Crippen LogP contribution in [0.2, 0.25) is 0 Å². The van der Waals surface area contributed by atoms with Crippen molar-refractivity contribution in [2.75, 3.05) is 0 Å². The molecule has 0 spiro atoms. The number of aryl methyl sites for hydroxylation is 1. The molecule has 0 saturated carbocycles. The molecule has 0 aromatic heterocycles. The first-order valence-electron chi connectivity index (χ1n) is 3.72. The number of hydrogen-bond donors (Lipinski definition) is 1. The zero-order chi connectivity index (χ0) is 10.6. The standard InChI is InChI=1S/C8H7O5P/c1-6-4-2-3-5-7(6)8(9)12-13-14(10)11/h2-5H,1H3/p+1. The van der Waals surface area contributed by atoms with Crippen LogP contribution < -0.4 is 0 Å². The Hall–Kier alpha value is -1.29. The number of rotatable bonds is 3. The summed E-state index contributed by atoms with van der Waals surface area (Å²) in [6.45, 7) is 1.72. The molecule has 0 aliphatic heterocycles. The van der Waals surface area contributed by atoms with Gasteiger partial charge in [0, 0.05) is 4.57 Å². The van der Waals surface area contributed by atoms with Crippen molar-refractivity contribution >= 4 is 14.2 Å². The van der Waals surface area contributed by atoms with Crippen LogP contribution in [0, 0.1) is 6.92 Å². The zero-order valence-corrected chi connectivity index (χ0v) is 8.23. The number of hydrogen-bond acceptors (Lipinski definition) is 4. The highest BCUT2D eigenvalue weighted by atomic mass is 31.1. The van der Waals surface area contributed by atoms with Gasteiger partial charge >= 0.3 is 14.2 Å². The normalized spacial score (nSPS) is 10.9. The van der Waals surface area contributed by atoms with E-state index in [4.69, 9.17) is 4.89 Å². The number of carbonyl (C=O) groups is 1. The molecule has 0 aliphatic rings. The second kappa shape index (κ2) is 4.81. The van der Waals surface area contributed by atoms with E-state index in [0.29, 0.717) is 11.1 Å². The van der Waals surface area contributed by atoms with Gasteiger partial charge in [0.2, 0.25) is 0 Å². The van der Waals surface area contributed by atoms with Gasteiger partial charge in [0.25, 0.3) is 0 Å². The molecular formula is C8H8O5P+. The lowest BCUT2D eigenvalue weighted by Gasteiger charge is -1.99. The van der Waals surface area contributed by atoms with E-state index in [1.807, 2.05) is 0 Å². The minimum absolute atomic E-state index is 0.296. The highest BCUT2D eigenvalue weighted by Gasteiger charge is 2.20. The van der Waals surface area contributed by atoms with Crippen LogP contribution in [0.4, 0.5) is 0 Å². The largest absolute Gasteiger partial charge is 0.736 e. The molecule has 1 aromatic rings. The second-order valence-corrected chi connectivity index (χ2v) is 3.12. The maximum absolute atomic E-state index is 11.2. The van der Waals surface area contributed by atoms with Gasteiger partial charge in [0.05, 0.1) is 5.56 Å². The molecule has 14 heavy (non-hydrogen) atoms. The monoisotopic (exact) mass is 215 g/mol. The van der Waals surface area contributed by atoms with E-state index in [1.54, 1.807) is 25.1 Å². The highest BCUT2D eigenvalue weighted by molar-refractivity contribution is 7.31. The van der Waals surface area contributed by atoms with Crippen LogP contribution in [0.15, 0.2) is 24.3 Å². The highest BCUT2D eigenvalue weighted by Crippen LogP contribution is 2.17. The molecule has 6 heteroatoms.